The molecular weight excluding hydrogens is 482 g/mol. The quantitative estimate of drug-likeness (QED) is 0.377. The fourth-order valence-electron chi connectivity index (χ4n) is 4.61. The lowest BCUT2D eigenvalue weighted by molar-refractivity contribution is 0.0488. The van der Waals surface area contributed by atoms with E-state index in [1.807, 2.05) is 43.4 Å². The maximum Gasteiger partial charge on any atom is 0.422 e. The Balaban J connectivity index is 1.38. The standard InChI is InChI=1S/C24H29N7O4S/c1-24(2,3)35-23(32)29-26-18-10-9-17(13-18)21-28-27-20-14-25-22-19(31(20)21)11-12-30(22)36(33,34)15-16-7-5-4-6-8-16/h4-8,11-12,14,17-18,26H,9-10,13,15H2,1-3H3,(H,29,32)/t17-,18+/m1/s1. The Hall–Kier alpha value is -3.51. The monoisotopic (exact) mass is 511 g/mol. The minimum Gasteiger partial charge on any atom is -0.443 e. The van der Waals surface area contributed by atoms with Gasteiger partial charge < -0.3 is 4.74 Å². The van der Waals surface area contributed by atoms with Crippen LogP contribution in [0.15, 0.2) is 48.8 Å². The third-order valence-corrected chi connectivity index (χ3v) is 7.72. The predicted octanol–water partition coefficient (Wildman–Crippen LogP) is 3.12. The van der Waals surface area contributed by atoms with Crippen molar-refractivity contribution in [1.82, 2.24) is 34.4 Å². The van der Waals surface area contributed by atoms with E-state index >= 15 is 0 Å². The molecule has 4 aromatic rings. The number of nitrogens with one attached hydrogen (secondary N) is 2. The molecule has 1 fully saturated rings. The zero-order valence-electron chi connectivity index (χ0n) is 20.4. The minimum atomic E-state index is -3.68. The first-order valence-corrected chi connectivity index (χ1v) is 13.4. The number of benzene rings is 1. The maximum atomic E-state index is 13.2. The Morgan fingerprint density at radius 1 is 1.14 bits per heavy atom. The highest BCUT2D eigenvalue weighted by atomic mass is 32.2. The highest BCUT2D eigenvalue weighted by Gasteiger charge is 2.31. The van der Waals surface area contributed by atoms with Crippen molar-refractivity contribution in [3.05, 3.63) is 60.2 Å². The van der Waals surface area contributed by atoms with Crippen molar-refractivity contribution in [2.24, 2.45) is 0 Å². The Morgan fingerprint density at radius 3 is 2.67 bits per heavy atom. The number of aromatic nitrogens is 5. The molecule has 0 bridgehead atoms. The molecule has 3 heterocycles. The Morgan fingerprint density at radius 2 is 1.92 bits per heavy atom. The highest BCUT2D eigenvalue weighted by Crippen LogP contribution is 2.34. The number of ether oxygens (including phenoxy) is 1. The largest absolute Gasteiger partial charge is 0.443 e. The van der Waals surface area contributed by atoms with Gasteiger partial charge in [0, 0.05) is 18.2 Å². The summed E-state index contributed by atoms with van der Waals surface area (Å²) in [6, 6.07) is 10.8. The van der Waals surface area contributed by atoms with Crippen LogP contribution in [0.2, 0.25) is 0 Å². The number of amides is 1. The number of hydrogen-bond acceptors (Lipinski definition) is 8. The summed E-state index contributed by atoms with van der Waals surface area (Å²) in [5.74, 6) is 0.692. The van der Waals surface area contributed by atoms with E-state index in [0.717, 1.165) is 25.1 Å². The third-order valence-electron chi connectivity index (χ3n) is 6.13. The fourth-order valence-corrected chi connectivity index (χ4v) is 6.01. The molecule has 2 atom stereocenters. The van der Waals surface area contributed by atoms with Crippen molar-refractivity contribution >= 4 is 32.9 Å². The van der Waals surface area contributed by atoms with Gasteiger partial charge in [-0.3, -0.25) is 9.83 Å². The van der Waals surface area contributed by atoms with Crippen LogP contribution < -0.4 is 10.9 Å². The fraction of sp³-hybridized carbons (Fsp3) is 0.417. The first kappa shape index (κ1) is 24.2. The molecule has 12 heteroatoms. The van der Waals surface area contributed by atoms with Gasteiger partial charge in [0.15, 0.2) is 11.3 Å². The molecule has 3 aromatic heterocycles. The van der Waals surface area contributed by atoms with Crippen LogP contribution >= 0.6 is 0 Å². The maximum absolute atomic E-state index is 13.2. The van der Waals surface area contributed by atoms with Gasteiger partial charge in [-0.2, -0.15) is 0 Å². The Kier molecular flexibility index (Phi) is 6.17. The molecule has 11 nitrogen and oxygen atoms in total. The van der Waals surface area contributed by atoms with Crippen molar-refractivity contribution < 1.29 is 17.9 Å². The highest BCUT2D eigenvalue weighted by molar-refractivity contribution is 7.89. The average molecular weight is 512 g/mol. The predicted molar refractivity (Wildman–Crippen MR) is 134 cm³/mol. The van der Waals surface area contributed by atoms with Gasteiger partial charge in [0.25, 0.3) is 0 Å². The van der Waals surface area contributed by atoms with Crippen molar-refractivity contribution in [1.29, 1.82) is 0 Å². The van der Waals surface area contributed by atoms with E-state index in [-0.39, 0.29) is 17.7 Å². The van der Waals surface area contributed by atoms with Gasteiger partial charge in [-0.25, -0.2) is 27.6 Å². The lowest BCUT2D eigenvalue weighted by Gasteiger charge is -2.21. The smallest absolute Gasteiger partial charge is 0.422 e. The Labute approximate surface area is 208 Å². The van der Waals surface area contributed by atoms with Crippen LogP contribution in [0.1, 0.15) is 57.3 Å². The molecule has 1 aliphatic rings. The van der Waals surface area contributed by atoms with Crippen LogP contribution in [0, 0.1) is 0 Å². The summed E-state index contributed by atoms with van der Waals surface area (Å²) >= 11 is 0. The number of fused-ring (bicyclic) bond motifs is 3. The van der Waals surface area contributed by atoms with Crippen LogP contribution in [0.3, 0.4) is 0 Å². The number of nitrogens with zero attached hydrogens (tertiary/aromatic N) is 5. The normalized spacial score (nSPS) is 18.6. The molecule has 190 valence electrons. The van der Waals surface area contributed by atoms with Crippen LogP contribution in [0.4, 0.5) is 4.79 Å². The summed E-state index contributed by atoms with van der Waals surface area (Å²) in [5, 5.41) is 8.69. The number of carbonyl (C=O) groups excluding carboxylic acids is 1. The van der Waals surface area contributed by atoms with Gasteiger partial charge in [0.05, 0.1) is 17.5 Å². The summed E-state index contributed by atoms with van der Waals surface area (Å²) in [4.78, 5) is 16.4. The molecule has 0 aliphatic heterocycles. The van der Waals surface area contributed by atoms with Crippen LogP contribution in [0.25, 0.3) is 16.8 Å². The van der Waals surface area contributed by atoms with Crippen LogP contribution in [-0.2, 0) is 20.5 Å². The second-order valence-corrected chi connectivity index (χ2v) is 11.9. The van der Waals surface area contributed by atoms with Crippen molar-refractivity contribution in [3.8, 4) is 0 Å². The van der Waals surface area contributed by atoms with Gasteiger partial charge in [-0.15, -0.1) is 10.2 Å². The molecule has 5 rings (SSSR count). The summed E-state index contributed by atoms with van der Waals surface area (Å²) in [5.41, 5.74) is 7.32. The van der Waals surface area contributed by atoms with Gasteiger partial charge in [-0.1, -0.05) is 30.3 Å². The van der Waals surface area contributed by atoms with E-state index in [9.17, 15) is 13.2 Å². The molecule has 1 aliphatic carbocycles. The summed E-state index contributed by atoms with van der Waals surface area (Å²) in [6.07, 6.45) is 4.95. The van der Waals surface area contributed by atoms with Crippen LogP contribution in [-0.4, -0.2) is 49.7 Å². The van der Waals surface area contributed by atoms with E-state index < -0.39 is 21.7 Å². The molecule has 0 unspecified atom stereocenters. The van der Waals surface area contributed by atoms with Gasteiger partial charge in [0.2, 0.25) is 10.0 Å². The molecule has 1 amide bonds. The van der Waals surface area contributed by atoms with E-state index in [4.69, 9.17) is 4.74 Å². The molecule has 36 heavy (non-hydrogen) atoms. The number of hydrazine groups is 1. The molecule has 0 radical (unpaired) electrons. The summed E-state index contributed by atoms with van der Waals surface area (Å²) in [6.45, 7) is 5.43. The number of rotatable bonds is 6. The first-order chi connectivity index (χ1) is 17.1. The summed E-state index contributed by atoms with van der Waals surface area (Å²) in [7, 11) is -3.68. The van der Waals surface area contributed by atoms with E-state index in [0.29, 0.717) is 22.4 Å². The van der Waals surface area contributed by atoms with Gasteiger partial charge >= 0.3 is 6.09 Å². The van der Waals surface area contributed by atoms with E-state index in [1.54, 1.807) is 24.4 Å². The zero-order valence-corrected chi connectivity index (χ0v) is 21.2. The topological polar surface area (TPSA) is 133 Å². The minimum absolute atomic E-state index is 0.0445. The lowest BCUT2D eigenvalue weighted by Crippen LogP contribution is -2.45. The third kappa shape index (κ3) is 4.91. The number of carbonyl (C=O) groups is 1. The van der Waals surface area contributed by atoms with E-state index in [2.05, 4.69) is 26.0 Å². The number of hydrogen-bond donors (Lipinski definition) is 2. The average Bonchev–Trinajstić information content (AvgIpc) is 3.54. The Bertz CT molecular complexity index is 1510. The molecule has 1 aromatic carbocycles. The SMILES string of the molecule is CC(C)(C)OC(=O)NN[C@H]1CC[C@@H](c2nnc3cnc4c(ccn4S(=O)(=O)Cc4ccccc4)n23)C1. The molecule has 1 saturated carbocycles. The van der Waals surface area contributed by atoms with Crippen molar-refractivity contribution in [2.45, 2.75) is 63.3 Å². The molecule has 0 saturated heterocycles. The van der Waals surface area contributed by atoms with Crippen molar-refractivity contribution in [3.63, 3.8) is 0 Å². The van der Waals surface area contributed by atoms with E-state index in [1.165, 1.54) is 10.2 Å². The molecular formula is C24H29N7O4S. The second-order valence-electron chi connectivity index (χ2n) is 10.1. The van der Waals surface area contributed by atoms with Gasteiger partial charge in [0.1, 0.15) is 11.4 Å². The summed E-state index contributed by atoms with van der Waals surface area (Å²) < 4.78 is 34.7. The van der Waals surface area contributed by atoms with Gasteiger partial charge in [-0.05, 0) is 51.7 Å². The van der Waals surface area contributed by atoms with Crippen molar-refractivity contribution in [2.75, 3.05) is 0 Å². The first-order valence-electron chi connectivity index (χ1n) is 11.8. The second kappa shape index (κ2) is 9.17. The van der Waals surface area contributed by atoms with Crippen LogP contribution in [0.5, 0.6) is 0 Å². The lowest BCUT2D eigenvalue weighted by atomic mass is 10.1. The zero-order chi connectivity index (χ0) is 25.5. The molecule has 2 N–H and O–H groups in total. The molecule has 0 spiro atoms.